The molecule has 29 heavy (non-hydrogen) atoms. The van der Waals surface area contributed by atoms with Crippen LogP contribution in [-0.2, 0) is 6.54 Å². The number of furan rings is 1. The van der Waals surface area contributed by atoms with Crippen molar-refractivity contribution in [3.8, 4) is 11.3 Å². The van der Waals surface area contributed by atoms with Crippen molar-refractivity contribution in [3.05, 3.63) is 80.9 Å². The van der Waals surface area contributed by atoms with E-state index >= 15 is 0 Å². The topological polar surface area (TPSA) is 55.5 Å². The van der Waals surface area contributed by atoms with E-state index in [1.807, 2.05) is 46.7 Å². The van der Waals surface area contributed by atoms with Crippen molar-refractivity contribution in [2.75, 3.05) is 13.1 Å². The molecule has 1 fully saturated rings. The lowest BCUT2D eigenvalue weighted by atomic mass is 9.83. The van der Waals surface area contributed by atoms with E-state index in [1.165, 1.54) is 0 Å². The van der Waals surface area contributed by atoms with Crippen LogP contribution < -0.4 is 5.56 Å². The lowest BCUT2D eigenvalue weighted by Crippen LogP contribution is -2.49. The van der Waals surface area contributed by atoms with Gasteiger partial charge in [-0.15, -0.1) is 0 Å². The van der Waals surface area contributed by atoms with Gasteiger partial charge in [0.15, 0.2) is 0 Å². The number of halogens is 1. The van der Waals surface area contributed by atoms with Gasteiger partial charge in [-0.25, -0.2) is 0 Å². The maximum atomic E-state index is 13.3. The lowest BCUT2D eigenvalue weighted by Gasteiger charge is -2.42. The number of nitrogens with zero attached hydrogens (tertiary/aromatic N) is 2. The second-order valence-corrected chi connectivity index (χ2v) is 8.43. The van der Waals surface area contributed by atoms with Crippen LogP contribution in [0, 0.1) is 12.8 Å². The first-order valence-electron chi connectivity index (χ1n) is 9.85. The van der Waals surface area contributed by atoms with Gasteiger partial charge >= 0.3 is 0 Å². The van der Waals surface area contributed by atoms with Crippen molar-refractivity contribution < 1.29 is 9.21 Å². The van der Waals surface area contributed by atoms with Crippen LogP contribution in [0.1, 0.15) is 34.2 Å². The molecule has 2 aliphatic heterocycles. The van der Waals surface area contributed by atoms with E-state index in [-0.39, 0.29) is 17.4 Å². The number of pyridine rings is 1. The summed E-state index contributed by atoms with van der Waals surface area (Å²) >= 11 is 5.97. The molecular formula is C23H21ClN2O3. The molecule has 2 aliphatic rings. The number of amides is 1. The van der Waals surface area contributed by atoms with Gasteiger partial charge in [-0.2, -0.15) is 0 Å². The number of hydrogen-bond acceptors (Lipinski definition) is 3. The minimum atomic E-state index is -0.00658. The number of carbonyl (C=O) groups is 1. The van der Waals surface area contributed by atoms with Crippen LogP contribution in [0.15, 0.2) is 57.7 Å². The number of aryl methyl sites for hydroxylation is 1. The number of piperidine rings is 1. The van der Waals surface area contributed by atoms with Crippen molar-refractivity contribution in [2.45, 2.75) is 25.8 Å². The summed E-state index contributed by atoms with van der Waals surface area (Å²) in [7, 11) is 0. The summed E-state index contributed by atoms with van der Waals surface area (Å²) in [6.07, 6.45) is 1.02. The molecule has 5 rings (SSSR count). The molecule has 0 aliphatic carbocycles. The summed E-state index contributed by atoms with van der Waals surface area (Å²) in [6.45, 7) is 3.79. The van der Waals surface area contributed by atoms with E-state index in [0.717, 1.165) is 17.7 Å². The Labute approximate surface area is 173 Å². The van der Waals surface area contributed by atoms with E-state index in [1.54, 1.807) is 18.2 Å². The maximum absolute atomic E-state index is 13.3. The number of carbonyl (C=O) groups excluding carboxylic acids is 1. The fourth-order valence-corrected chi connectivity index (χ4v) is 4.81. The largest absolute Gasteiger partial charge is 0.461 e. The SMILES string of the molecule is Cc1oc(-c2ccc(Cl)cc2)cc1C(=O)N1CC2CC(C1)c1cccc(=O)n1C2. The van der Waals surface area contributed by atoms with Crippen LogP contribution in [-0.4, -0.2) is 28.5 Å². The molecule has 0 spiro atoms. The summed E-state index contributed by atoms with van der Waals surface area (Å²) in [5.74, 6) is 1.77. The van der Waals surface area contributed by atoms with Crippen LogP contribution in [0.5, 0.6) is 0 Å². The molecule has 1 amide bonds. The summed E-state index contributed by atoms with van der Waals surface area (Å²) in [6, 6.07) is 14.6. The second-order valence-electron chi connectivity index (χ2n) is 8.00. The molecule has 148 valence electrons. The first-order chi connectivity index (χ1) is 14.0. The maximum Gasteiger partial charge on any atom is 0.257 e. The monoisotopic (exact) mass is 408 g/mol. The molecule has 0 N–H and O–H groups in total. The second kappa shape index (κ2) is 6.92. The average molecular weight is 409 g/mol. The van der Waals surface area contributed by atoms with E-state index < -0.39 is 0 Å². The minimum Gasteiger partial charge on any atom is -0.461 e. The Balaban J connectivity index is 1.42. The zero-order valence-electron chi connectivity index (χ0n) is 16.1. The fourth-order valence-electron chi connectivity index (χ4n) is 4.68. The van der Waals surface area contributed by atoms with E-state index in [2.05, 4.69) is 0 Å². The van der Waals surface area contributed by atoms with E-state index in [0.29, 0.717) is 47.7 Å². The Hall–Kier alpha value is -2.79. The molecule has 1 aromatic carbocycles. The van der Waals surface area contributed by atoms with Gasteiger partial charge in [0, 0.05) is 47.9 Å². The molecule has 4 heterocycles. The molecule has 2 bridgehead atoms. The molecule has 2 atom stereocenters. The zero-order valence-corrected chi connectivity index (χ0v) is 16.9. The molecule has 5 nitrogen and oxygen atoms in total. The third-order valence-electron chi connectivity index (χ3n) is 6.04. The average Bonchev–Trinajstić information content (AvgIpc) is 3.10. The Bertz CT molecular complexity index is 1150. The molecule has 1 saturated heterocycles. The molecular weight excluding hydrogens is 388 g/mol. The van der Waals surface area contributed by atoms with E-state index in [9.17, 15) is 9.59 Å². The van der Waals surface area contributed by atoms with Crippen LogP contribution in [0.25, 0.3) is 11.3 Å². The number of benzene rings is 1. The minimum absolute atomic E-state index is 0.00658. The van der Waals surface area contributed by atoms with Crippen LogP contribution in [0.4, 0.5) is 0 Å². The Morgan fingerprint density at radius 2 is 1.90 bits per heavy atom. The summed E-state index contributed by atoms with van der Waals surface area (Å²) < 4.78 is 7.76. The van der Waals surface area contributed by atoms with Gasteiger partial charge in [0.1, 0.15) is 11.5 Å². The highest BCUT2D eigenvalue weighted by Gasteiger charge is 2.37. The van der Waals surface area contributed by atoms with Crippen LogP contribution >= 0.6 is 11.6 Å². The van der Waals surface area contributed by atoms with E-state index in [4.69, 9.17) is 16.0 Å². The predicted octanol–water partition coefficient (Wildman–Crippen LogP) is 4.33. The van der Waals surface area contributed by atoms with Gasteiger partial charge in [0.05, 0.1) is 5.56 Å². The summed E-state index contributed by atoms with van der Waals surface area (Å²) in [5.41, 5.74) is 2.58. The number of fused-ring (bicyclic) bond motifs is 4. The Morgan fingerprint density at radius 1 is 1.10 bits per heavy atom. The Kier molecular flexibility index (Phi) is 4.36. The number of rotatable bonds is 2. The molecule has 6 heteroatoms. The highest BCUT2D eigenvalue weighted by Crippen LogP contribution is 2.36. The number of aromatic nitrogens is 1. The van der Waals surface area contributed by atoms with Crippen molar-refractivity contribution in [1.82, 2.24) is 9.47 Å². The molecule has 3 aromatic rings. The summed E-state index contributed by atoms with van der Waals surface area (Å²) in [4.78, 5) is 27.4. The van der Waals surface area contributed by atoms with Gasteiger partial charge < -0.3 is 13.9 Å². The first-order valence-corrected chi connectivity index (χ1v) is 10.2. The first kappa shape index (κ1) is 18.3. The smallest absolute Gasteiger partial charge is 0.257 e. The Morgan fingerprint density at radius 3 is 2.69 bits per heavy atom. The lowest BCUT2D eigenvalue weighted by molar-refractivity contribution is 0.0593. The summed E-state index contributed by atoms with van der Waals surface area (Å²) in [5, 5.41) is 0.660. The van der Waals surface area contributed by atoms with Gasteiger partial charge in [-0.05, 0) is 55.7 Å². The number of likely N-dealkylation sites (tertiary alicyclic amines) is 1. The normalized spacial score (nSPS) is 20.4. The predicted molar refractivity (Wildman–Crippen MR) is 111 cm³/mol. The molecule has 2 unspecified atom stereocenters. The van der Waals surface area contributed by atoms with Crippen molar-refractivity contribution in [2.24, 2.45) is 5.92 Å². The van der Waals surface area contributed by atoms with Gasteiger partial charge in [-0.1, -0.05) is 17.7 Å². The third-order valence-corrected chi connectivity index (χ3v) is 6.30. The van der Waals surface area contributed by atoms with Gasteiger partial charge in [-0.3, -0.25) is 9.59 Å². The highest BCUT2D eigenvalue weighted by molar-refractivity contribution is 6.30. The molecule has 0 saturated carbocycles. The number of hydrogen-bond donors (Lipinski definition) is 0. The van der Waals surface area contributed by atoms with Crippen molar-refractivity contribution in [1.29, 1.82) is 0 Å². The highest BCUT2D eigenvalue weighted by atomic mass is 35.5. The van der Waals surface area contributed by atoms with Gasteiger partial charge in [0.2, 0.25) is 0 Å². The molecule has 2 aromatic heterocycles. The molecule has 0 radical (unpaired) electrons. The van der Waals surface area contributed by atoms with Crippen LogP contribution in [0.2, 0.25) is 5.02 Å². The van der Waals surface area contributed by atoms with Gasteiger partial charge in [0.25, 0.3) is 11.5 Å². The quantitative estimate of drug-likeness (QED) is 0.634. The standard InChI is InChI=1S/C23H21ClN2O3/c1-14-19(10-21(29-14)16-5-7-18(24)8-6-16)23(28)25-11-15-9-17(13-25)20-3-2-4-22(27)26(20)12-15/h2-8,10,15,17H,9,11-13H2,1H3. The van der Waals surface area contributed by atoms with Crippen molar-refractivity contribution in [3.63, 3.8) is 0 Å². The zero-order chi connectivity index (χ0) is 20.1. The third kappa shape index (κ3) is 3.19. The van der Waals surface area contributed by atoms with Crippen molar-refractivity contribution >= 4 is 17.5 Å². The van der Waals surface area contributed by atoms with Crippen LogP contribution in [0.3, 0.4) is 0 Å². The fraction of sp³-hybridized carbons (Fsp3) is 0.304.